The summed E-state index contributed by atoms with van der Waals surface area (Å²) in [7, 11) is 1.62. The molecule has 0 bridgehead atoms. The Hall–Kier alpha value is -2.35. The van der Waals surface area contributed by atoms with Crippen LogP contribution in [-0.4, -0.2) is 43.9 Å². The van der Waals surface area contributed by atoms with Gasteiger partial charge < -0.3 is 4.74 Å². The number of rotatable bonds is 6. The Bertz CT molecular complexity index is 556. The maximum atomic E-state index is 11.8. The SMILES string of the molecule is COC(C)CCC(=O)Nc1ncnn1-c1ncccn1. The maximum absolute atomic E-state index is 11.8. The van der Waals surface area contributed by atoms with Gasteiger partial charge in [-0.3, -0.25) is 10.1 Å². The van der Waals surface area contributed by atoms with Crippen molar-refractivity contribution in [1.82, 2.24) is 24.7 Å². The summed E-state index contributed by atoms with van der Waals surface area (Å²) in [5, 5.41) is 6.68. The number of anilines is 1. The van der Waals surface area contributed by atoms with E-state index in [-0.39, 0.29) is 12.0 Å². The zero-order chi connectivity index (χ0) is 14.4. The Labute approximate surface area is 116 Å². The fourth-order valence-electron chi connectivity index (χ4n) is 1.51. The average molecular weight is 276 g/mol. The Kier molecular flexibility index (Phi) is 4.72. The Morgan fingerprint density at radius 2 is 2.15 bits per heavy atom. The van der Waals surface area contributed by atoms with Crippen molar-refractivity contribution in [3.63, 3.8) is 0 Å². The van der Waals surface area contributed by atoms with Crippen molar-refractivity contribution in [3.8, 4) is 5.95 Å². The van der Waals surface area contributed by atoms with Gasteiger partial charge >= 0.3 is 0 Å². The molecule has 1 unspecified atom stereocenters. The molecule has 0 saturated carbocycles. The summed E-state index contributed by atoms with van der Waals surface area (Å²) in [6, 6.07) is 1.70. The summed E-state index contributed by atoms with van der Waals surface area (Å²) in [5.41, 5.74) is 0. The van der Waals surface area contributed by atoms with Crippen molar-refractivity contribution in [3.05, 3.63) is 24.8 Å². The van der Waals surface area contributed by atoms with Crippen LogP contribution in [0, 0.1) is 0 Å². The lowest BCUT2D eigenvalue weighted by Gasteiger charge is -2.09. The Morgan fingerprint density at radius 1 is 1.40 bits per heavy atom. The largest absolute Gasteiger partial charge is 0.382 e. The van der Waals surface area contributed by atoms with Gasteiger partial charge in [-0.25, -0.2) is 9.97 Å². The summed E-state index contributed by atoms with van der Waals surface area (Å²) in [4.78, 5) is 23.9. The van der Waals surface area contributed by atoms with E-state index in [1.165, 1.54) is 11.0 Å². The molecule has 2 rings (SSSR count). The first-order chi connectivity index (χ1) is 9.70. The van der Waals surface area contributed by atoms with Gasteiger partial charge in [0, 0.05) is 25.9 Å². The molecular weight excluding hydrogens is 260 g/mol. The van der Waals surface area contributed by atoms with Crippen LogP contribution in [0.5, 0.6) is 0 Å². The highest BCUT2D eigenvalue weighted by atomic mass is 16.5. The smallest absolute Gasteiger partial charge is 0.253 e. The van der Waals surface area contributed by atoms with E-state index in [1.54, 1.807) is 25.6 Å². The number of hydrogen-bond acceptors (Lipinski definition) is 6. The van der Waals surface area contributed by atoms with Crippen LogP contribution in [0.1, 0.15) is 19.8 Å². The molecule has 0 aliphatic heterocycles. The summed E-state index contributed by atoms with van der Waals surface area (Å²) >= 11 is 0. The van der Waals surface area contributed by atoms with Crippen molar-refractivity contribution in [2.24, 2.45) is 0 Å². The minimum Gasteiger partial charge on any atom is -0.382 e. The van der Waals surface area contributed by atoms with E-state index < -0.39 is 0 Å². The molecule has 2 aromatic rings. The van der Waals surface area contributed by atoms with Gasteiger partial charge in [0.1, 0.15) is 6.33 Å². The van der Waals surface area contributed by atoms with Crippen molar-refractivity contribution in [2.45, 2.75) is 25.9 Å². The second-order valence-electron chi connectivity index (χ2n) is 4.18. The number of nitrogens with one attached hydrogen (secondary N) is 1. The summed E-state index contributed by atoms with van der Waals surface area (Å²) < 4.78 is 6.47. The predicted octanol–water partition coefficient (Wildman–Crippen LogP) is 0.811. The molecule has 0 aliphatic carbocycles. The molecule has 106 valence electrons. The Balaban J connectivity index is 2.01. The fourth-order valence-corrected chi connectivity index (χ4v) is 1.51. The summed E-state index contributed by atoms with van der Waals surface area (Å²) in [6.07, 6.45) is 5.54. The molecule has 0 spiro atoms. The third-order valence-corrected chi connectivity index (χ3v) is 2.72. The minimum atomic E-state index is -0.154. The number of ether oxygens (including phenoxy) is 1. The first-order valence-corrected chi connectivity index (χ1v) is 6.20. The molecule has 0 radical (unpaired) electrons. The first-order valence-electron chi connectivity index (χ1n) is 6.20. The second kappa shape index (κ2) is 6.71. The van der Waals surface area contributed by atoms with E-state index >= 15 is 0 Å². The third-order valence-electron chi connectivity index (χ3n) is 2.72. The highest BCUT2D eigenvalue weighted by Crippen LogP contribution is 2.08. The van der Waals surface area contributed by atoms with Crippen molar-refractivity contribution >= 4 is 11.9 Å². The standard InChI is InChI=1S/C12H16N6O2/c1-9(20-2)4-5-10(19)17-12-15-8-16-18(12)11-13-6-3-7-14-11/h3,6-9H,4-5H2,1-2H3,(H,15,16,17,19). The summed E-state index contributed by atoms with van der Waals surface area (Å²) in [6.45, 7) is 1.91. The van der Waals surface area contributed by atoms with Crippen LogP contribution in [0.15, 0.2) is 24.8 Å². The van der Waals surface area contributed by atoms with Crippen molar-refractivity contribution in [1.29, 1.82) is 0 Å². The first kappa shape index (κ1) is 14.1. The van der Waals surface area contributed by atoms with Crippen LogP contribution in [0.2, 0.25) is 0 Å². The highest BCUT2D eigenvalue weighted by Gasteiger charge is 2.12. The monoisotopic (exact) mass is 276 g/mol. The second-order valence-corrected chi connectivity index (χ2v) is 4.18. The molecule has 1 amide bonds. The molecule has 2 aromatic heterocycles. The molecule has 8 nitrogen and oxygen atoms in total. The lowest BCUT2D eigenvalue weighted by Crippen LogP contribution is -2.18. The van der Waals surface area contributed by atoms with E-state index in [0.717, 1.165) is 0 Å². The van der Waals surface area contributed by atoms with E-state index in [1.807, 2.05) is 6.92 Å². The predicted molar refractivity (Wildman–Crippen MR) is 71.3 cm³/mol. The molecule has 8 heteroatoms. The van der Waals surface area contributed by atoms with Gasteiger partial charge in [0.25, 0.3) is 5.95 Å². The molecule has 0 fully saturated rings. The zero-order valence-electron chi connectivity index (χ0n) is 11.4. The van der Waals surface area contributed by atoms with E-state index in [9.17, 15) is 4.79 Å². The number of hydrogen-bond donors (Lipinski definition) is 1. The molecule has 0 aromatic carbocycles. The lowest BCUT2D eigenvalue weighted by molar-refractivity contribution is -0.116. The van der Waals surface area contributed by atoms with Crippen LogP contribution in [0.25, 0.3) is 5.95 Å². The topological polar surface area (TPSA) is 94.8 Å². The normalized spacial score (nSPS) is 12.1. The van der Waals surface area contributed by atoms with E-state index in [2.05, 4.69) is 25.4 Å². The van der Waals surface area contributed by atoms with Crippen LogP contribution in [0.3, 0.4) is 0 Å². The van der Waals surface area contributed by atoms with Gasteiger partial charge in [-0.05, 0) is 19.4 Å². The van der Waals surface area contributed by atoms with Crippen LogP contribution in [-0.2, 0) is 9.53 Å². The van der Waals surface area contributed by atoms with E-state index in [0.29, 0.717) is 24.7 Å². The highest BCUT2D eigenvalue weighted by molar-refractivity contribution is 5.89. The molecule has 0 saturated heterocycles. The quantitative estimate of drug-likeness (QED) is 0.839. The van der Waals surface area contributed by atoms with Crippen molar-refractivity contribution in [2.75, 3.05) is 12.4 Å². The van der Waals surface area contributed by atoms with Gasteiger partial charge in [-0.1, -0.05) is 0 Å². The summed E-state index contributed by atoms with van der Waals surface area (Å²) in [5.74, 6) is 0.496. The van der Waals surface area contributed by atoms with Gasteiger partial charge in [0.2, 0.25) is 11.9 Å². The van der Waals surface area contributed by atoms with Gasteiger partial charge in [-0.2, -0.15) is 14.8 Å². The lowest BCUT2D eigenvalue weighted by atomic mass is 10.2. The minimum absolute atomic E-state index is 0.0380. The number of amides is 1. The number of carbonyl (C=O) groups excluding carboxylic acids is 1. The number of methoxy groups -OCH3 is 1. The molecule has 2 heterocycles. The van der Waals surface area contributed by atoms with Crippen LogP contribution >= 0.6 is 0 Å². The van der Waals surface area contributed by atoms with E-state index in [4.69, 9.17) is 4.74 Å². The zero-order valence-corrected chi connectivity index (χ0v) is 11.4. The maximum Gasteiger partial charge on any atom is 0.253 e. The average Bonchev–Trinajstić information content (AvgIpc) is 2.93. The number of carbonyl (C=O) groups is 1. The molecular formula is C12H16N6O2. The molecule has 1 atom stereocenters. The fraction of sp³-hybridized carbons (Fsp3) is 0.417. The van der Waals surface area contributed by atoms with Gasteiger partial charge in [-0.15, -0.1) is 0 Å². The molecule has 1 N–H and O–H groups in total. The third kappa shape index (κ3) is 3.58. The Morgan fingerprint density at radius 3 is 2.85 bits per heavy atom. The van der Waals surface area contributed by atoms with Crippen molar-refractivity contribution < 1.29 is 9.53 Å². The van der Waals surface area contributed by atoms with Crippen LogP contribution in [0.4, 0.5) is 5.95 Å². The molecule has 20 heavy (non-hydrogen) atoms. The van der Waals surface area contributed by atoms with Crippen LogP contribution < -0.4 is 5.32 Å². The number of nitrogens with zero attached hydrogens (tertiary/aromatic N) is 5. The number of aromatic nitrogens is 5. The van der Waals surface area contributed by atoms with Gasteiger partial charge in [0.15, 0.2) is 0 Å². The van der Waals surface area contributed by atoms with Gasteiger partial charge in [0.05, 0.1) is 6.10 Å². The molecule has 0 aliphatic rings.